The van der Waals surface area contributed by atoms with Crippen LogP contribution in [0.15, 0.2) is 34.8 Å². The molecule has 1 heterocycles. The van der Waals surface area contributed by atoms with Crippen molar-refractivity contribution in [3.63, 3.8) is 0 Å². The van der Waals surface area contributed by atoms with Gasteiger partial charge in [0.15, 0.2) is 0 Å². The fourth-order valence-electron chi connectivity index (χ4n) is 3.33. The lowest BCUT2D eigenvalue weighted by atomic mass is 10.1. The summed E-state index contributed by atoms with van der Waals surface area (Å²) < 4.78 is 0.250. The van der Waals surface area contributed by atoms with Gasteiger partial charge in [-0.25, -0.2) is 0 Å². The monoisotopic (exact) mass is 309 g/mol. The van der Waals surface area contributed by atoms with Gasteiger partial charge in [-0.15, -0.1) is 0 Å². The summed E-state index contributed by atoms with van der Waals surface area (Å²) in [5.74, 6) is 0.296. The minimum absolute atomic E-state index is 0.0267. The van der Waals surface area contributed by atoms with Gasteiger partial charge in [-0.2, -0.15) is 0 Å². The zero-order valence-electron chi connectivity index (χ0n) is 11.6. The molecule has 0 saturated heterocycles. The molecule has 1 aliphatic heterocycles. The number of para-hydroxylation sites is 1. The Morgan fingerprint density at radius 1 is 1.35 bits per heavy atom. The predicted octanol–water partition coefficient (Wildman–Crippen LogP) is 4.17. The molecule has 1 aromatic rings. The number of halogens is 2. The molecule has 2 aliphatic rings. The maximum absolute atomic E-state index is 12.8. The van der Waals surface area contributed by atoms with Crippen LogP contribution in [-0.2, 0) is 11.2 Å². The van der Waals surface area contributed by atoms with E-state index in [4.69, 9.17) is 23.2 Å². The van der Waals surface area contributed by atoms with Gasteiger partial charge in [-0.1, -0.05) is 55.2 Å². The minimum Gasteiger partial charge on any atom is -0.312 e. The summed E-state index contributed by atoms with van der Waals surface area (Å²) in [4.78, 5) is 14.7. The lowest BCUT2D eigenvalue weighted by molar-refractivity contribution is -0.120. The van der Waals surface area contributed by atoms with Gasteiger partial charge in [0, 0.05) is 12.2 Å². The molecule has 20 heavy (non-hydrogen) atoms. The van der Waals surface area contributed by atoms with E-state index in [0.717, 1.165) is 18.7 Å². The molecule has 3 rings (SSSR count). The summed E-state index contributed by atoms with van der Waals surface area (Å²) in [5, 5.41) is 0. The fourth-order valence-corrected chi connectivity index (χ4v) is 3.60. The molecule has 0 N–H and O–H groups in total. The van der Waals surface area contributed by atoms with E-state index in [0.29, 0.717) is 0 Å². The van der Waals surface area contributed by atoms with Crippen LogP contribution in [0.4, 0.5) is 5.69 Å². The minimum atomic E-state index is -0.0658. The third kappa shape index (κ3) is 2.15. The van der Waals surface area contributed by atoms with Crippen molar-refractivity contribution < 1.29 is 4.79 Å². The quantitative estimate of drug-likeness (QED) is 0.803. The maximum atomic E-state index is 12.8. The predicted molar refractivity (Wildman–Crippen MR) is 83.0 cm³/mol. The molecule has 0 radical (unpaired) electrons. The number of carbonyl (C=O) groups is 1. The number of hydrogen-bond donors (Lipinski definition) is 0. The van der Waals surface area contributed by atoms with Crippen LogP contribution in [0, 0.1) is 17.3 Å². The number of carbonyl (C=O) groups excluding carboxylic acids is 1. The molecule has 1 fully saturated rings. The summed E-state index contributed by atoms with van der Waals surface area (Å²) in [6, 6.07) is 8.12. The van der Waals surface area contributed by atoms with Gasteiger partial charge in [0.1, 0.15) is 4.49 Å². The molecular weight excluding hydrogens is 293 g/mol. The number of hydrogen-bond acceptors (Lipinski definition) is 1. The highest BCUT2D eigenvalue weighted by Crippen LogP contribution is 2.60. The van der Waals surface area contributed by atoms with Crippen LogP contribution in [0.5, 0.6) is 0 Å². The van der Waals surface area contributed by atoms with Crippen LogP contribution in [-0.4, -0.2) is 12.5 Å². The van der Waals surface area contributed by atoms with E-state index in [2.05, 4.69) is 19.9 Å². The van der Waals surface area contributed by atoms with Crippen LogP contribution in [0.2, 0.25) is 0 Å². The smallest absolute Gasteiger partial charge is 0.231 e. The number of rotatable bonds is 2. The average Bonchev–Trinajstić information content (AvgIpc) is 2.75. The SMILES string of the molecule is CC1(C)[C@H](C=C(Cl)Cl)[C@@H]1C(=O)N1CCc2ccccc21. The Balaban J connectivity index is 1.84. The second kappa shape index (κ2) is 4.78. The molecule has 0 unspecified atom stereocenters. The van der Waals surface area contributed by atoms with E-state index in [1.165, 1.54) is 5.56 Å². The number of amides is 1. The molecule has 2 nitrogen and oxygen atoms in total. The zero-order valence-corrected chi connectivity index (χ0v) is 13.1. The van der Waals surface area contributed by atoms with Crippen molar-refractivity contribution >= 4 is 34.8 Å². The standard InChI is InChI=1S/C16H17Cl2NO/c1-16(2)11(9-13(17)18)14(16)15(20)19-8-7-10-5-3-4-6-12(10)19/h3-6,9,11,14H,7-8H2,1-2H3/t11-,14-/m1/s1. The number of fused-ring (bicyclic) bond motifs is 1. The zero-order chi connectivity index (χ0) is 14.5. The van der Waals surface area contributed by atoms with E-state index in [1.807, 2.05) is 23.1 Å². The Kier molecular flexibility index (Phi) is 3.34. The first-order chi connectivity index (χ1) is 9.43. The molecule has 2 atom stereocenters. The lowest BCUT2D eigenvalue weighted by Gasteiger charge is -2.18. The highest BCUT2D eigenvalue weighted by Gasteiger charge is 2.61. The van der Waals surface area contributed by atoms with Crippen molar-refractivity contribution in [1.29, 1.82) is 0 Å². The molecule has 0 spiro atoms. The van der Waals surface area contributed by atoms with E-state index < -0.39 is 0 Å². The summed E-state index contributed by atoms with van der Waals surface area (Å²) in [5.41, 5.74) is 2.24. The van der Waals surface area contributed by atoms with Crippen molar-refractivity contribution in [2.75, 3.05) is 11.4 Å². The average molecular weight is 310 g/mol. The van der Waals surface area contributed by atoms with Crippen LogP contribution in [0.1, 0.15) is 19.4 Å². The first-order valence-electron chi connectivity index (χ1n) is 6.85. The number of anilines is 1. The van der Waals surface area contributed by atoms with Gasteiger partial charge in [-0.05, 0) is 35.5 Å². The Morgan fingerprint density at radius 2 is 2.05 bits per heavy atom. The first-order valence-corrected chi connectivity index (χ1v) is 7.60. The molecule has 1 aliphatic carbocycles. The van der Waals surface area contributed by atoms with E-state index in [1.54, 1.807) is 6.08 Å². The van der Waals surface area contributed by atoms with Gasteiger partial charge >= 0.3 is 0 Å². The van der Waals surface area contributed by atoms with Gasteiger partial charge in [0.05, 0.1) is 5.92 Å². The van der Waals surface area contributed by atoms with Crippen molar-refractivity contribution in [3.05, 3.63) is 40.4 Å². The summed E-state index contributed by atoms with van der Waals surface area (Å²) in [6.45, 7) is 4.96. The van der Waals surface area contributed by atoms with Crippen molar-refractivity contribution in [2.24, 2.45) is 17.3 Å². The Bertz CT molecular complexity index is 590. The van der Waals surface area contributed by atoms with E-state index in [9.17, 15) is 4.79 Å². The van der Waals surface area contributed by atoms with Crippen molar-refractivity contribution in [1.82, 2.24) is 0 Å². The third-order valence-corrected chi connectivity index (χ3v) is 4.89. The van der Waals surface area contributed by atoms with Gasteiger partial charge in [-0.3, -0.25) is 4.79 Å². The van der Waals surface area contributed by atoms with E-state index >= 15 is 0 Å². The fraction of sp³-hybridized carbons (Fsp3) is 0.438. The maximum Gasteiger partial charge on any atom is 0.231 e. The molecular formula is C16H17Cl2NO. The molecule has 1 saturated carbocycles. The van der Waals surface area contributed by atoms with Crippen LogP contribution < -0.4 is 4.90 Å². The second-order valence-corrected chi connectivity index (χ2v) is 7.16. The molecule has 106 valence electrons. The molecule has 1 aromatic carbocycles. The largest absolute Gasteiger partial charge is 0.312 e. The summed E-state index contributed by atoms with van der Waals surface area (Å²) in [7, 11) is 0. The Morgan fingerprint density at radius 3 is 2.75 bits per heavy atom. The summed E-state index contributed by atoms with van der Waals surface area (Å²) >= 11 is 11.5. The normalized spacial score (nSPS) is 26.1. The number of allylic oxidation sites excluding steroid dienone is 1. The van der Waals surface area contributed by atoms with E-state index in [-0.39, 0.29) is 27.6 Å². The number of nitrogens with zero attached hydrogens (tertiary/aromatic N) is 1. The van der Waals surface area contributed by atoms with Crippen molar-refractivity contribution in [3.8, 4) is 0 Å². The van der Waals surface area contributed by atoms with Crippen LogP contribution in [0.3, 0.4) is 0 Å². The molecule has 0 bridgehead atoms. The second-order valence-electron chi connectivity index (χ2n) is 6.15. The highest BCUT2D eigenvalue weighted by molar-refractivity contribution is 6.55. The van der Waals surface area contributed by atoms with Crippen LogP contribution in [0.25, 0.3) is 0 Å². The van der Waals surface area contributed by atoms with Crippen molar-refractivity contribution in [2.45, 2.75) is 20.3 Å². The Hall–Kier alpha value is -0.990. The summed E-state index contributed by atoms with van der Waals surface area (Å²) in [6.07, 6.45) is 2.74. The molecule has 4 heteroatoms. The topological polar surface area (TPSA) is 20.3 Å². The molecule has 1 amide bonds. The lowest BCUT2D eigenvalue weighted by Crippen LogP contribution is -2.31. The highest BCUT2D eigenvalue weighted by atomic mass is 35.5. The van der Waals surface area contributed by atoms with Gasteiger partial charge in [0.2, 0.25) is 5.91 Å². The molecule has 0 aromatic heterocycles. The van der Waals surface area contributed by atoms with Crippen LogP contribution >= 0.6 is 23.2 Å². The Labute approximate surface area is 129 Å². The third-order valence-electron chi connectivity index (χ3n) is 4.64. The van der Waals surface area contributed by atoms with Gasteiger partial charge in [0.25, 0.3) is 0 Å². The first kappa shape index (κ1) is 14.0. The van der Waals surface area contributed by atoms with Gasteiger partial charge < -0.3 is 4.90 Å². The number of benzene rings is 1.